The highest BCUT2D eigenvalue weighted by atomic mass is 16.5. The quantitative estimate of drug-likeness (QED) is 0.755. The fourth-order valence-electron chi connectivity index (χ4n) is 2.53. The van der Waals surface area contributed by atoms with Gasteiger partial charge in [0.05, 0.1) is 13.0 Å². The first-order chi connectivity index (χ1) is 8.70. The van der Waals surface area contributed by atoms with Crippen LogP contribution in [-0.2, 0) is 16.0 Å². The maximum atomic E-state index is 11.6. The van der Waals surface area contributed by atoms with E-state index in [0.717, 1.165) is 31.7 Å². The molecule has 2 rings (SSSR count). The van der Waals surface area contributed by atoms with E-state index in [1.165, 1.54) is 7.11 Å². The summed E-state index contributed by atoms with van der Waals surface area (Å²) in [6.07, 6.45) is 2.75. The summed E-state index contributed by atoms with van der Waals surface area (Å²) in [5.41, 5.74) is 1.10. The number of likely N-dealkylation sites (tertiary alicyclic amines) is 1. The van der Waals surface area contributed by atoms with Crippen LogP contribution in [-0.4, -0.2) is 42.6 Å². The van der Waals surface area contributed by atoms with Crippen LogP contribution in [0.4, 0.5) is 0 Å². The number of nitrogens with zero attached hydrogens (tertiary/aromatic N) is 2. The second kappa shape index (κ2) is 5.96. The first-order valence-electron chi connectivity index (χ1n) is 6.41. The molecule has 1 aliphatic rings. The van der Waals surface area contributed by atoms with Gasteiger partial charge in [0, 0.05) is 37.9 Å². The summed E-state index contributed by atoms with van der Waals surface area (Å²) in [7, 11) is 1.46. The lowest BCUT2D eigenvalue weighted by atomic mass is 9.99. The number of carbonyl (C=O) groups excluding carboxylic acids is 1. The van der Waals surface area contributed by atoms with Crippen LogP contribution < -0.4 is 0 Å². The predicted octanol–water partition coefficient (Wildman–Crippen LogP) is 1.36. The molecule has 1 aromatic heterocycles. The monoisotopic (exact) mass is 248 g/mol. The van der Waals surface area contributed by atoms with Crippen molar-refractivity contribution in [3.8, 4) is 0 Å². The predicted molar refractivity (Wildman–Crippen MR) is 69.1 cm³/mol. The van der Waals surface area contributed by atoms with Gasteiger partial charge >= 0.3 is 5.97 Å². The number of esters is 1. The highest BCUT2D eigenvalue weighted by Crippen LogP contribution is 2.23. The van der Waals surface area contributed by atoms with E-state index in [9.17, 15) is 4.79 Å². The molecule has 1 fully saturated rings. The van der Waals surface area contributed by atoms with Crippen molar-refractivity contribution in [3.05, 3.63) is 30.1 Å². The molecule has 4 heteroatoms. The Morgan fingerprint density at radius 1 is 1.50 bits per heavy atom. The van der Waals surface area contributed by atoms with Gasteiger partial charge in [-0.15, -0.1) is 0 Å². The maximum absolute atomic E-state index is 11.6. The largest absolute Gasteiger partial charge is 0.469 e. The van der Waals surface area contributed by atoms with Crippen molar-refractivity contribution >= 4 is 5.97 Å². The van der Waals surface area contributed by atoms with Gasteiger partial charge in [-0.1, -0.05) is 13.0 Å². The van der Waals surface area contributed by atoms with E-state index < -0.39 is 0 Å². The van der Waals surface area contributed by atoms with Crippen molar-refractivity contribution in [2.24, 2.45) is 11.8 Å². The summed E-state index contributed by atoms with van der Waals surface area (Å²) in [5, 5.41) is 0. The SMILES string of the molecule is COC(=O)C1CN(CCc2ccccn2)CC1C. The van der Waals surface area contributed by atoms with Gasteiger partial charge in [-0.05, 0) is 18.1 Å². The van der Waals surface area contributed by atoms with Crippen molar-refractivity contribution in [2.45, 2.75) is 13.3 Å². The highest BCUT2D eigenvalue weighted by molar-refractivity contribution is 5.73. The summed E-state index contributed by atoms with van der Waals surface area (Å²) >= 11 is 0. The highest BCUT2D eigenvalue weighted by Gasteiger charge is 2.35. The molecule has 2 unspecified atom stereocenters. The third kappa shape index (κ3) is 3.07. The summed E-state index contributed by atoms with van der Waals surface area (Å²) in [6.45, 7) is 4.84. The molecular formula is C14H20N2O2. The molecule has 2 atom stereocenters. The van der Waals surface area contributed by atoms with Crippen LogP contribution in [0.3, 0.4) is 0 Å². The molecule has 18 heavy (non-hydrogen) atoms. The average Bonchev–Trinajstić information content (AvgIpc) is 2.78. The van der Waals surface area contributed by atoms with Gasteiger partial charge < -0.3 is 9.64 Å². The van der Waals surface area contributed by atoms with Crippen LogP contribution in [0.2, 0.25) is 0 Å². The van der Waals surface area contributed by atoms with Crippen LogP contribution in [0, 0.1) is 11.8 Å². The fourth-order valence-corrected chi connectivity index (χ4v) is 2.53. The Hall–Kier alpha value is -1.42. The number of hydrogen-bond donors (Lipinski definition) is 0. The minimum absolute atomic E-state index is 0.0266. The van der Waals surface area contributed by atoms with Crippen molar-refractivity contribution in [1.82, 2.24) is 9.88 Å². The lowest BCUT2D eigenvalue weighted by Gasteiger charge is -2.14. The van der Waals surface area contributed by atoms with Crippen molar-refractivity contribution < 1.29 is 9.53 Å². The van der Waals surface area contributed by atoms with Gasteiger partial charge in [0.1, 0.15) is 0 Å². The van der Waals surface area contributed by atoms with Crippen LogP contribution in [0.25, 0.3) is 0 Å². The number of aromatic nitrogens is 1. The van der Waals surface area contributed by atoms with Crippen molar-refractivity contribution in [1.29, 1.82) is 0 Å². The molecule has 0 saturated carbocycles. The standard InChI is InChI=1S/C14H20N2O2/c1-11-9-16(10-13(11)14(17)18-2)8-6-12-5-3-4-7-15-12/h3-5,7,11,13H,6,8-10H2,1-2H3. The average molecular weight is 248 g/mol. The Labute approximate surface area is 108 Å². The summed E-state index contributed by atoms with van der Waals surface area (Å²) in [4.78, 5) is 18.2. The molecule has 0 aromatic carbocycles. The van der Waals surface area contributed by atoms with Gasteiger partial charge in [-0.3, -0.25) is 9.78 Å². The van der Waals surface area contributed by atoms with E-state index in [-0.39, 0.29) is 11.9 Å². The molecule has 0 aliphatic carbocycles. The minimum Gasteiger partial charge on any atom is -0.469 e. The Kier molecular flexibility index (Phi) is 4.31. The third-order valence-corrected chi connectivity index (χ3v) is 3.60. The van der Waals surface area contributed by atoms with Gasteiger partial charge in [-0.25, -0.2) is 0 Å². The van der Waals surface area contributed by atoms with Gasteiger partial charge in [0.15, 0.2) is 0 Å². The van der Waals surface area contributed by atoms with Gasteiger partial charge in [-0.2, -0.15) is 0 Å². The van der Waals surface area contributed by atoms with Crippen molar-refractivity contribution in [2.75, 3.05) is 26.7 Å². The lowest BCUT2D eigenvalue weighted by Crippen LogP contribution is -2.26. The first kappa shape index (κ1) is 13.0. The smallest absolute Gasteiger partial charge is 0.310 e. The van der Waals surface area contributed by atoms with E-state index >= 15 is 0 Å². The molecule has 0 amide bonds. The summed E-state index contributed by atoms with van der Waals surface area (Å²) in [6, 6.07) is 5.97. The van der Waals surface area contributed by atoms with E-state index in [4.69, 9.17) is 4.74 Å². The first-order valence-corrected chi connectivity index (χ1v) is 6.41. The fraction of sp³-hybridized carbons (Fsp3) is 0.571. The molecule has 1 aromatic rings. The molecule has 4 nitrogen and oxygen atoms in total. The normalized spacial score (nSPS) is 24.1. The molecule has 98 valence electrons. The Morgan fingerprint density at radius 2 is 2.33 bits per heavy atom. The molecule has 0 radical (unpaired) electrons. The van der Waals surface area contributed by atoms with Crippen molar-refractivity contribution in [3.63, 3.8) is 0 Å². The molecule has 0 bridgehead atoms. The number of hydrogen-bond acceptors (Lipinski definition) is 4. The van der Waals surface area contributed by atoms with Crippen LogP contribution in [0.1, 0.15) is 12.6 Å². The molecule has 1 saturated heterocycles. The summed E-state index contributed by atoms with van der Waals surface area (Å²) < 4.78 is 4.84. The van der Waals surface area contributed by atoms with Gasteiger partial charge in [0.2, 0.25) is 0 Å². The Balaban J connectivity index is 1.84. The second-order valence-corrected chi connectivity index (χ2v) is 4.94. The number of ether oxygens (including phenoxy) is 1. The molecule has 0 N–H and O–H groups in total. The summed E-state index contributed by atoms with van der Waals surface area (Å²) in [5.74, 6) is 0.322. The number of pyridine rings is 1. The molecule has 1 aliphatic heterocycles. The number of methoxy groups -OCH3 is 1. The lowest BCUT2D eigenvalue weighted by molar-refractivity contribution is -0.146. The van der Waals surface area contributed by atoms with Crippen LogP contribution >= 0.6 is 0 Å². The van der Waals surface area contributed by atoms with E-state index in [0.29, 0.717) is 5.92 Å². The maximum Gasteiger partial charge on any atom is 0.310 e. The zero-order valence-electron chi connectivity index (χ0n) is 11.0. The van der Waals surface area contributed by atoms with Crippen LogP contribution in [0.5, 0.6) is 0 Å². The Morgan fingerprint density at radius 3 is 3.00 bits per heavy atom. The zero-order chi connectivity index (χ0) is 13.0. The topological polar surface area (TPSA) is 42.4 Å². The third-order valence-electron chi connectivity index (χ3n) is 3.60. The number of carbonyl (C=O) groups is 1. The molecular weight excluding hydrogens is 228 g/mol. The molecule has 2 heterocycles. The van der Waals surface area contributed by atoms with E-state index in [1.807, 2.05) is 24.4 Å². The molecule has 0 spiro atoms. The number of rotatable bonds is 4. The zero-order valence-corrected chi connectivity index (χ0v) is 11.0. The van der Waals surface area contributed by atoms with E-state index in [1.54, 1.807) is 0 Å². The van der Waals surface area contributed by atoms with E-state index in [2.05, 4.69) is 16.8 Å². The minimum atomic E-state index is -0.0807. The van der Waals surface area contributed by atoms with Crippen LogP contribution in [0.15, 0.2) is 24.4 Å². The Bertz CT molecular complexity index is 394. The van der Waals surface area contributed by atoms with Gasteiger partial charge in [0.25, 0.3) is 0 Å². The second-order valence-electron chi connectivity index (χ2n) is 4.94.